The minimum Gasteiger partial charge on any atom is -0.376 e. The van der Waals surface area contributed by atoms with Gasteiger partial charge < -0.3 is 15.2 Å². The van der Waals surface area contributed by atoms with E-state index < -0.39 is 0 Å². The molecule has 18 heavy (non-hydrogen) atoms. The third kappa shape index (κ3) is 2.73. The molecule has 0 atom stereocenters. The predicted molar refractivity (Wildman–Crippen MR) is 77.2 cm³/mol. The van der Waals surface area contributed by atoms with Gasteiger partial charge in [0.25, 0.3) is 5.91 Å². The van der Waals surface area contributed by atoms with E-state index in [0.29, 0.717) is 5.69 Å². The quantitative estimate of drug-likeness (QED) is 0.915. The van der Waals surface area contributed by atoms with Crippen molar-refractivity contribution in [2.75, 3.05) is 24.3 Å². The van der Waals surface area contributed by atoms with E-state index in [1.54, 1.807) is 12.3 Å². The maximum atomic E-state index is 12.0. The van der Waals surface area contributed by atoms with Crippen LogP contribution >= 0.6 is 15.9 Å². The second-order valence-electron chi connectivity index (χ2n) is 4.10. The lowest BCUT2D eigenvalue weighted by Gasteiger charge is -2.17. The molecule has 5 heteroatoms. The summed E-state index contributed by atoms with van der Waals surface area (Å²) in [6.07, 6.45) is 1.73. The van der Waals surface area contributed by atoms with Gasteiger partial charge in [-0.25, -0.2) is 0 Å². The van der Waals surface area contributed by atoms with Crippen molar-refractivity contribution >= 4 is 33.2 Å². The summed E-state index contributed by atoms with van der Waals surface area (Å²) in [6.45, 7) is 0. The molecule has 1 amide bonds. The largest absolute Gasteiger partial charge is 0.376 e. The van der Waals surface area contributed by atoms with Gasteiger partial charge in [0.2, 0.25) is 0 Å². The maximum absolute atomic E-state index is 12.0. The van der Waals surface area contributed by atoms with Crippen molar-refractivity contribution in [3.8, 4) is 0 Å². The number of amides is 1. The number of hydrogen-bond acceptors (Lipinski definition) is 2. The first kappa shape index (κ1) is 12.7. The molecule has 0 spiro atoms. The number of aromatic amines is 1. The highest BCUT2D eigenvalue weighted by Crippen LogP contribution is 2.24. The zero-order chi connectivity index (χ0) is 13.1. The highest BCUT2D eigenvalue weighted by molar-refractivity contribution is 9.10. The van der Waals surface area contributed by atoms with Crippen LogP contribution in [-0.2, 0) is 0 Å². The zero-order valence-corrected chi connectivity index (χ0v) is 11.8. The summed E-state index contributed by atoms with van der Waals surface area (Å²) in [6, 6.07) is 9.42. The number of benzene rings is 1. The minimum absolute atomic E-state index is 0.157. The summed E-state index contributed by atoms with van der Waals surface area (Å²) in [4.78, 5) is 16.9. The van der Waals surface area contributed by atoms with Gasteiger partial charge in [-0.15, -0.1) is 0 Å². The van der Waals surface area contributed by atoms with Crippen molar-refractivity contribution in [2.24, 2.45) is 0 Å². The molecule has 0 aliphatic heterocycles. The van der Waals surface area contributed by atoms with Crippen LogP contribution in [0, 0.1) is 0 Å². The SMILES string of the molecule is CN(C)c1ccccc1NC(=O)c1cc(Br)c[nH]1. The molecular formula is C13H14BrN3O. The summed E-state index contributed by atoms with van der Waals surface area (Å²) in [5.74, 6) is -0.157. The molecule has 2 aromatic rings. The molecule has 1 aromatic heterocycles. The van der Waals surface area contributed by atoms with E-state index in [9.17, 15) is 4.79 Å². The molecule has 0 unspecified atom stereocenters. The molecule has 0 aliphatic rings. The van der Waals surface area contributed by atoms with Gasteiger partial charge in [-0.2, -0.15) is 0 Å². The van der Waals surface area contributed by atoms with E-state index in [4.69, 9.17) is 0 Å². The molecule has 0 bridgehead atoms. The second kappa shape index (κ2) is 5.27. The van der Waals surface area contributed by atoms with Gasteiger partial charge in [0.1, 0.15) is 5.69 Å². The number of aromatic nitrogens is 1. The van der Waals surface area contributed by atoms with Crippen LogP contribution in [0.1, 0.15) is 10.5 Å². The Kier molecular flexibility index (Phi) is 3.72. The number of rotatable bonds is 3. The standard InChI is InChI=1S/C13H14BrN3O/c1-17(2)12-6-4-3-5-10(12)16-13(18)11-7-9(14)8-15-11/h3-8,15H,1-2H3,(H,16,18). The van der Waals surface area contributed by atoms with Gasteiger partial charge in [0, 0.05) is 24.8 Å². The predicted octanol–water partition coefficient (Wildman–Crippen LogP) is 3.10. The number of carbonyl (C=O) groups is 1. The van der Waals surface area contributed by atoms with Gasteiger partial charge in [0.05, 0.1) is 11.4 Å². The summed E-state index contributed by atoms with van der Waals surface area (Å²) in [5.41, 5.74) is 2.28. The Morgan fingerprint density at radius 1 is 1.33 bits per heavy atom. The molecule has 0 saturated heterocycles. The number of nitrogens with zero attached hydrogens (tertiary/aromatic N) is 1. The van der Waals surface area contributed by atoms with Gasteiger partial charge in [-0.1, -0.05) is 12.1 Å². The maximum Gasteiger partial charge on any atom is 0.272 e. The van der Waals surface area contributed by atoms with Gasteiger partial charge >= 0.3 is 0 Å². The van der Waals surface area contributed by atoms with Gasteiger partial charge in [-0.3, -0.25) is 4.79 Å². The first-order chi connectivity index (χ1) is 8.58. The molecule has 0 saturated carbocycles. The summed E-state index contributed by atoms with van der Waals surface area (Å²) in [5, 5.41) is 2.89. The van der Waals surface area contributed by atoms with Crippen LogP contribution in [-0.4, -0.2) is 25.0 Å². The second-order valence-corrected chi connectivity index (χ2v) is 5.01. The summed E-state index contributed by atoms with van der Waals surface area (Å²) >= 11 is 3.30. The molecule has 0 radical (unpaired) electrons. The van der Waals surface area contributed by atoms with E-state index in [0.717, 1.165) is 15.8 Å². The number of para-hydroxylation sites is 2. The molecule has 2 N–H and O–H groups in total. The molecule has 1 heterocycles. The lowest BCUT2D eigenvalue weighted by atomic mass is 10.2. The Morgan fingerprint density at radius 3 is 2.67 bits per heavy atom. The van der Waals surface area contributed by atoms with Crippen LogP contribution in [0.15, 0.2) is 41.0 Å². The van der Waals surface area contributed by atoms with Crippen LogP contribution in [0.4, 0.5) is 11.4 Å². The van der Waals surface area contributed by atoms with Crippen molar-refractivity contribution in [1.29, 1.82) is 0 Å². The molecule has 4 nitrogen and oxygen atoms in total. The van der Waals surface area contributed by atoms with Gasteiger partial charge in [-0.05, 0) is 34.1 Å². The number of carbonyl (C=O) groups excluding carboxylic acids is 1. The van der Waals surface area contributed by atoms with E-state index in [1.165, 1.54) is 0 Å². The number of nitrogens with one attached hydrogen (secondary N) is 2. The summed E-state index contributed by atoms with van der Waals surface area (Å²) < 4.78 is 0.855. The van der Waals surface area contributed by atoms with Gasteiger partial charge in [0.15, 0.2) is 0 Å². The van der Waals surface area contributed by atoms with Crippen LogP contribution in [0.2, 0.25) is 0 Å². The Hall–Kier alpha value is -1.75. The van der Waals surface area contributed by atoms with E-state index in [-0.39, 0.29) is 5.91 Å². The van der Waals surface area contributed by atoms with Crippen molar-refractivity contribution in [1.82, 2.24) is 4.98 Å². The fraction of sp³-hybridized carbons (Fsp3) is 0.154. The van der Waals surface area contributed by atoms with E-state index in [1.807, 2.05) is 43.3 Å². The Bertz CT molecular complexity index is 563. The third-order valence-electron chi connectivity index (χ3n) is 2.53. The average molecular weight is 308 g/mol. The molecule has 0 fully saturated rings. The molecule has 94 valence electrons. The highest BCUT2D eigenvalue weighted by Gasteiger charge is 2.11. The first-order valence-corrected chi connectivity index (χ1v) is 6.29. The molecular weight excluding hydrogens is 294 g/mol. The van der Waals surface area contributed by atoms with E-state index >= 15 is 0 Å². The lowest BCUT2D eigenvalue weighted by Crippen LogP contribution is -2.16. The van der Waals surface area contributed by atoms with Crippen LogP contribution < -0.4 is 10.2 Å². The van der Waals surface area contributed by atoms with Crippen LogP contribution in [0.25, 0.3) is 0 Å². The Labute approximate surface area is 114 Å². The van der Waals surface area contributed by atoms with Crippen LogP contribution in [0.3, 0.4) is 0 Å². The third-order valence-corrected chi connectivity index (χ3v) is 2.98. The lowest BCUT2D eigenvalue weighted by molar-refractivity contribution is 0.102. The normalized spacial score (nSPS) is 10.2. The highest BCUT2D eigenvalue weighted by atomic mass is 79.9. The number of hydrogen-bond donors (Lipinski definition) is 2. The summed E-state index contributed by atoms with van der Waals surface area (Å²) in [7, 11) is 3.88. The van der Waals surface area contributed by atoms with Crippen molar-refractivity contribution in [2.45, 2.75) is 0 Å². The minimum atomic E-state index is -0.157. The number of H-pyrrole nitrogens is 1. The molecule has 1 aromatic carbocycles. The average Bonchev–Trinajstić information content (AvgIpc) is 2.76. The van der Waals surface area contributed by atoms with Crippen molar-refractivity contribution in [3.05, 3.63) is 46.7 Å². The smallest absolute Gasteiger partial charge is 0.272 e. The molecule has 0 aliphatic carbocycles. The monoisotopic (exact) mass is 307 g/mol. The number of halogens is 1. The number of anilines is 2. The van der Waals surface area contributed by atoms with Crippen molar-refractivity contribution < 1.29 is 4.79 Å². The van der Waals surface area contributed by atoms with Crippen molar-refractivity contribution in [3.63, 3.8) is 0 Å². The fourth-order valence-corrected chi connectivity index (χ4v) is 2.00. The molecule has 2 rings (SSSR count). The fourth-order valence-electron chi connectivity index (χ4n) is 1.66. The Morgan fingerprint density at radius 2 is 2.06 bits per heavy atom. The zero-order valence-electron chi connectivity index (χ0n) is 10.2. The van der Waals surface area contributed by atoms with E-state index in [2.05, 4.69) is 26.2 Å². The topological polar surface area (TPSA) is 48.1 Å². The Balaban J connectivity index is 2.22. The first-order valence-electron chi connectivity index (χ1n) is 5.49. The van der Waals surface area contributed by atoms with Crippen LogP contribution in [0.5, 0.6) is 0 Å².